The molecule has 0 radical (unpaired) electrons. The van der Waals surface area contributed by atoms with Crippen LogP contribution in [-0.2, 0) is 0 Å². The van der Waals surface area contributed by atoms with Crippen LogP contribution >= 0.6 is 11.3 Å². The van der Waals surface area contributed by atoms with Crippen molar-refractivity contribution in [2.24, 2.45) is 11.8 Å². The maximum atomic E-state index is 4.55. The van der Waals surface area contributed by atoms with Crippen molar-refractivity contribution < 1.29 is 0 Å². The number of aryl methyl sites for hydroxylation is 1. The summed E-state index contributed by atoms with van der Waals surface area (Å²) in [6, 6.07) is 0.380. The minimum Gasteiger partial charge on any atom is -0.308 e. The molecule has 1 N–H and O–H groups in total. The quantitative estimate of drug-likeness (QED) is 0.828. The Labute approximate surface area is 115 Å². The number of thiazole rings is 1. The first-order chi connectivity index (χ1) is 8.54. The molecule has 18 heavy (non-hydrogen) atoms. The summed E-state index contributed by atoms with van der Waals surface area (Å²) < 4.78 is 0. The van der Waals surface area contributed by atoms with Gasteiger partial charge in [0.25, 0.3) is 0 Å². The van der Waals surface area contributed by atoms with Gasteiger partial charge in [-0.3, -0.25) is 0 Å². The second kappa shape index (κ2) is 5.98. The Hall–Kier alpha value is -0.670. The fourth-order valence-electron chi connectivity index (χ4n) is 2.84. The molecule has 2 rings (SSSR count). The first-order valence-electron chi connectivity index (χ1n) is 6.87. The standard InChI is InChI=1S/C15H24N2S/c1-10-5-11(2)7-14(6-10)8-16-13(4)15-17-12(3)9-18-15/h5,9-10,13-14,16H,6-8H2,1-4H3. The highest BCUT2D eigenvalue weighted by molar-refractivity contribution is 7.09. The normalized spacial score (nSPS) is 25.9. The lowest BCUT2D eigenvalue weighted by molar-refractivity contribution is 0.366. The minimum atomic E-state index is 0.380. The average Bonchev–Trinajstić information content (AvgIpc) is 2.71. The number of nitrogens with zero attached hydrogens (tertiary/aromatic N) is 1. The Bertz CT molecular complexity index is 422. The molecule has 0 aromatic carbocycles. The number of aromatic nitrogens is 1. The largest absolute Gasteiger partial charge is 0.308 e. The van der Waals surface area contributed by atoms with Gasteiger partial charge in [-0.25, -0.2) is 4.98 Å². The number of hydrogen-bond donors (Lipinski definition) is 1. The van der Waals surface area contributed by atoms with Gasteiger partial charge in [-0.05, 0) is 52.0 Å². The molecule has 0 amide bonds. The zero-order valence-corrected chi connectivity index (χ0v) is 12.7. The smallest absolute Gasteiger partial charge is 0.110 e. The van der Waals surface area contributed by atoms with Crippen LogP contribution < -0.4 is 5.32 Å². The van der Waals surface area contributed by atoms with Crippen molar-refractivity contribution in [2.45, 2.75) is 46.6 Å². The van der Waals surface area contributed by atoms with E-state index in [1.165, 1.54) is 17.8 Å². The van der Waals surface area contributed by atoms with E-state index in [9.17, 15) is 0 Å². The molecule has 1 aromatic rings. The summed E-state index contributed by atoms with van der Waals surface area (Å²) in [7, 11) is 0. The second-order valence-electron chi connectivity index (χ2n) is 5.75. The number of nitrogens with one attached hydrogen (secondary N) is 1. The lowest BCUT2D eigenvalue weighted by atomic mass is 9.83. The Kier molecular flexibility index (Phi) is 4.57. The van der Waals surface area contributed by atoms with Crippen LogP contribution in [0.1, 0.15) is 50.4 Å². The molecular weight excluding hydrogens is 240 g/mol. The minimum absolute atomic E-state index is 0.380. The third-order valence-corrected chi connectivity index (χ3v) is 4.75. The summed E-state index contributed by atoms with van der Waals surface area (Å²) in [5, 5.41) is 6.98. The van der Waals surface area contributed by atoms with Crippen LogP contribution in [0.2, 0.25) is 0 Å². The first kappa shape index (κ1) is 13.8. The first-order valence-corrected chi connectivity index (χ1v) is 7.75. The molecule has 1 aromatic heterocycles. The summed E-state index contributed by atoms with van der Waals surface area (Å²) in [5.41, 5.74) is 2.69. The summed E-state index contributed by atoms with van der Waals surface area (Å²) >= 11 is 1.76. The van der Waals surface area contributed by atoms with Gasteiger partial charge in [0, 0.05) is 11.1 Å². The van der Waals surface area contributed by atoms with Gasteiger partial charge < -0.3 is 5.32 Å². The van der Waals surface area contributed by atoms with Crippen LogP contribution in [0.25, 0.3) is 0 Å². The summed E-state index contributed by atoms with van der Waals surface area (Å²) in [4.78, 5) is 4.55. The Morgan fingerprint density at radius 1 is 1.50 bits per heavy atom. The number of hydrogen-bond acceptors (Lipinski definition) is 3. The van der Waals surface area contributed by atoms with Crippen molar-refractivity contribution in [3.05, 3.63) is 27.7 Å². The van der Waals surface area contributed by atoms with Gasteiger partial charge in [0.2, 0.25) is 0 Å². The fraction of sp³-hybridized carbons (Fsp3) is 0.667. The van der Waals surface area contributed by atoms with Gasteiger partial charge in [0.05, 0.1) is 6.04 Å². The van der Waals surface area contributed by atoms with Gasteiger partial charge in [0.15, 0.2) is 0 Å². The molecule has 0 saturated carbocycles. The van der Waals surface area contributed by atoms with E-state index in [-0.39, 0.29) is 0 Å². The van der Waals surface area contributed by atoms with Crippen molar-refractivity contribution in [1.29, 1.82) is 0 Å². The van der Waals surface area contributed by atoms with Gasteiger partial charge in [-0.2, -0.15) is 0 Å². The van der Waals surface area contributed by atoms with E-state index >= 15 is 0 Å². The zero-order chi connectivity index (χ0) is 13.1. The van der Waals surface area contributed by atoms with Gasteiger partial charge in [-0.15, -0.1) is 11.3 Å². The molecule has 3 atom stereocenters. The summed E-state index contributed by atoms with van der Waals surface area (Å²) in [5.74, 6) is 1.52. The number of allylic oxidation sites excluding steroid dienone is 2. The maximum Gasteiger partial charge on any atom is 0.110 e. The number of rotatable bonds is 4. The van der Waals surface area contributed by atoms with Crippen LogP contribution in [0, 0.1) is 18.8 Å². The molecule has 3 unspecified atom stereocenters. The van der Waals surface area contributed by atoms with Crippen molar-refractivity contribution in [2.75, 3.05) is 6.54 Å². The monoisotopic (exact) mass is 264 g/mol. The predicted molar refractivity (Wildman–Crippen MR) is 78.9 cm³/mol. The van der Waals surface area contributed by atoms with Crippen molar-refractivity contribution >= 4 is 11.3 Å². The SMILES string of the molecule is CC1=CC(C)CC(CNC(C)c2nc(C)cs2)C1. The Balaban J connectivity index is 1.83. The van der Waals surface area contributed by atoms with Crippen LogP contribution in [0.4, 0.5) is 0 Å². The molecule has 3 heteroatoms. The highest BCUT2D eigenvalue weighted by atomic mass is 32.1. The lowest BCUT2D eigenvalue weighted by Crippen LogP contribution is -2.28. The van der Waals surface area contributed by atoms with E-state index < -0.39 is 0 Å². The molecule has 100 valence electrons. The highest BCUT2D eigenvalue weighted by Crippen LogP contribution is 2.28. The van der Waals surface area contributed by atoms with Gasteiger partial charge >= 0.3 is 0 Å². The maximum absolute atomic E-state index is 4.55. The molecule has 2 nitrogen and oxygen atoms in total. The van der Waals surface area contributed by atoms with E-state index in [1.807, 2.05) is 0 Å². The lowest BCUT2D eigenvalue weighted by Gasteiger charge is -2.26. The van der Waals surface area contributed by atoms with E-state index in [2.05, 4.69) is 49.5 Å². The Morgan fingerprint density at radius 2 is 2.28 bits per heavy atom. The van der Waals surface area contributed by atoms with Crippen molar-refractivity contribution in [3.8, 4) is 0 Å². The molecule has 0 spiro atoms. The van der Waals surface area contributed by atoms with Gasteiger partial charge in [-0.1, -0.05) is 18.6 Å². The average molecular weight is 264 g/mol. The van der Waals surface area contributed by atoms with Gasteiger partial charge in [0.1, 0.15) is 5.01 Å². The van der Waals surface area contributed by atoms with E-state index in [0.717, 1.165) is 24.1 Å². The summed E-state index contributed by atoms with van der Waals surface area (Å²) in [6.45, 7) is 9.96. The molecule has 1 heterocycles. The van der Waals surface area contributed by atoms with Crippen LogP contribution in [0.15, 0.2) is 17.0 Å². The van der Waals surface area contributed by atoms with Crippen LogP contribution in [-0.4, -0.2) is 11.5 Å². The molecule has 0 fully saturated rings. The van der Waals surface area contributed by atoms with Crippen molar-refractivity contribution in [3.63, 3.8) is 0 Å². The zero-order valence-electron chi connectivity index (χ0n) is 11.9. The van der Waals surface area contributed by atoms with E-state index in [0.29, 0.717) is 6.04 Å². The van der Waals surface area contributed by atoms with Crippen molar-refractivity contribution in [1.82, 2.24) is 10.3 Å². The summed E-state index contributed by atoms with van der Waals surface area (Å²) in [6.07, 6.45) is 4.99. The second-order valence-corrected chi connectivity index (χ2v) is 6.64. The molecular formula is C15H24N2S. The van der Waals surface area contributed by atoms with E-state index in [1.54, 1.807) is 16.9 Å². The third kappa shape index (κ3) is 3.66. The molecule has 0 aliphatic heterocycles. The highest BCUT2D eigenvalue weighted by Gasteiger charge is 2.19. The third-order valence-electron chi connectivity index (χ3n) is 3.60. The molecule has 1 aliphatic carbocycles. The predicted octanol–water partition coefficient (Wildman–Crippen LogP) is 4.09. The van der Waals surface area contributed by atoms with Crippen LogP contribution in [0.3, 0.4) is 0 Å². The van der Waals surface area contributed by atoms with Crippen LogP contribution in [0.5, 0.6) is 0 Å². The molecule has 1 aliphatic rings. The molecule has 0 bridgehead atoms. The molecule has 0 saturated heterocycles. The topological polar surface area (TPSA) is 24.9 Å². The fourth-order valence-corrected chi connectivity index (χ4v) is 3.67. The Morgan fingerprint density at radius 3 is 2.89 bits per heavy atom. The van der Waals surface area contributed by atoms with E-state index in [4.69, 9.17) is 0 Å².